The molecule has 8 heteroatoms. The maximum absolute atomic E-state index is 11.6. The molecule has 0 unspecified atom stereocenters. The first kappa shape index (κ1) is 50.3. The van der Waals surface area contributed by atoms with Gasteiger partial charge in [-0.3, -0.25) is 4.98 Å². The number of fused-ring (bicyclic) bond motifs is 18. The molecule has 0 fully saturated rings. The van der Waals surface area contributed by atoms with Crippen LogP contribution in [-0.2, 0) is 0 Å². The van der Waals surface area contributed by atoms with E-state index in [2.05, 4.69) is 324 Å². The molecule has 20 rings (SSSR count). The van der Waals surface area contributed by atoms with Gasteiger partial charge in [-0.1, -0.05) is 152 Å². The summed E-state index contributed by atoms with van der Waals surface area (Å²) in [5, 5.41) is 25.6. The van der Waals surface area contributed by atoms with Crippen LogP contribution < -0.4 is 0 Å². The van der Waals surface area contributed by atoms with E-state index in [0.29, 0.717) is 5.56 Å². The van der Waals surface area contributed by atoms with Gasteiger partial charge < -0.3 is 27.4 Å². The number of nitriles is 1. The second-order valence-electron chi connectivity index (χ2n) is 24.2. The highest BCUT2D eigenvalue weighted by molar-refractivity contribution is 6.17. The predicted octanol–water partition coefficient (Wildman–Crippen LogP) is 21.2. The van der Waals surface area contributed by atoms with Crippen molar-refractivity contribution in [1.29, 1.82) is 5.26 Å². The van der Waals surface area contributed by atoms with Gasteiger partial charge in [-0.2, -0.15) is 5.26 Å². The van der Waals surface area contributed by atoms with E-state index in [1.807, 2.05) is 12.3 Å². The van der Waals surface area contributed by atoms with E-state index in [1.54, 1.807) is 6.20 Å². The first-order valence-corrected chi connectivity index (χ1v) is 31.2. The number of aromatic nitrogens is 7. The van der Waals surface area contributed by atoms with Crippen LogP contribution in [0.5, 0.6) is 0 Å². The Labute approximate surface area is 526 Å². The van der Waals surface area contributed by atoms with E-state index in [9.17, 15) is 5.26 Å². The largest absolute Gasteiger partial charge is 0.309 e. The molecule has 0 spiro atoms. The minimum Gasteiger partial charge on any atom is -0.309 e. The summed E-state index contributed by atoms with van der Waals surface area (Å²) in [6, 6.07) is 109. The average Bonchev–Trinajstić information content (AvgIpc) is 1.55. The summed E-state index contributed by atoms with van der Waals surface area (Å²) in [6.07, 6.45) is 3.66. The second kappa shape index (κ2) is 19.2. The molecular weight excluding hydrogens is 1120 g/mol. The van der Waals surface area contributed by atoms with Crippen molar-refractivity contribution in [3.8, 4) is 51.3 Å². The van der Waals surface area contributed by atoms with Crippen LogP contribution in [0.15, 0.2) is 304 Å². The van der Waals surface area contributed by atoms with E-state index in [0.717, 1.165) is 133 Å². The van der Waals surface area contributed by atoms with Gasteiger partial charge in [-0.25, -0.2) is 0 Å². The van der Waals surface area contributed by atoms with E-state index in [4.69, 9.17) is 0 Å². The highest BCUT2D eigenvalue weighted by Gasteiger charge is 2.26. The Bertz CT molecular complexity index is 6040. The second-order valence-corrected chi connectivity index (χ2v) is 24.2. The number of para-hydroxylation sites is 8. The van der Waals surface area contributed by atoms with Crippen LogP contribution >= 0.6 is 0 Å². The van der Waals surface area contributed by atoms with Crippen LogP contribution in [0.3, 0.4) is 0 Å². The molecular formula is C84H50N8. The first-order valence-electron chi connectivity index (χ1n) is 31.2. The Hall–Kier alpha value is -12.7. The van der Waals surface area contributed by atoms with Gasteiger partial charge in [0.25, 0.3) is 0 Å². The van der Waals surface area contributed by atoms with E-state index in [1.165, 1.54) is 43.1 Å². The molecule has 13 aromatic carbocycles. The van der Waals surface area contributed by atoms with E-state index < -0.39 is 0 Å². The first-order chi connectivity index (χ1) is 45.6. The van der Waals surface area contributed by atoms with Gasteiger partial charge in [0.15, 0.2) is 0 Å². The van der Waals surface area contributed by atoms with Crippen molar-refractivity contribution < 1.29 is 0 Å². The fraction of sp³-hybridized carbons (Fsp3) is 0. The van der Waals surface area contributed by atoms with Gasteiger partial charge in [-0.15, -0.1) is 0 Å². The smallest absolute Gasteiger partial charge is 0.0999 e. The maximum atomic E-state index is 11.6. The quantitative estimate of drug-likeness (QED) is 0.160. The zero-order chi connectivity index (χ0) is 60.3. The molecule has 426 valence electrons. The molecule has 0 bridgehead atoms. The van der Waals surface area contributed by atoms with Crippen molar-refractivity contribution in [2.24, 2.45) is 0 Å². The Kier molecular flexibility index (Phi) is 10.5. The van der Waals surface area contributed by atoms with Crippen molar-refractivity contribution in [2.45, 2.75) is 0 Å². The maximum Gasteiger partial charge on any atom is 0.0999 e. The lowest BCUT2D eigenvalue weighted by atomic mass is 9.99. The molecule has 8 nitrogen and oxygen atoms in total. The van der Waals surface area contributed by atoms with Gasteiger partial charge in [0.05, 0.1) is 89.2 Å². The molecule has 0 aliphatic carbocycles. The number of hydrogen-bond acceptors (Lipinski definition) is 2. The number of rotatable bonds is 7. The molecule has 0 aliphatic heterocycles. The number of pyridine rings is 1. The summed E-state index contributed by atoms with van der Waals surface area (Å²) < 4.78 is 14.5. The van der Waals surface area contributed by atoms with Crippen LogP contribution in [0.25, 0.3) is 176 Å². The lowest BCUT2D eigenvalue weighted by molar-refractivity contribution is 1.09. The Morgan fingerprint density at radius 3 is 0.761 bits per heavy atom. The number of nitrogens with zero attached hydrogens (tertiary/aromatic N) is 8. The van der Waals surface area contributed by atoms with Gasteiger partial charge in [0.1, 0.15) is 0 Å². The minimum atomic E-state index is 0.540. The average molecular weight is 1170 g/mol. The standard InChI is InChI=1S/C84H50N8/c85-50-53-44-83(91-79-39-35-54(87-71-27-9-1-19-58(71)59-20-2-10-28-72(59)87)45-67(79)68-46-55(36-40-80(68)91)88-73-29-11-3-21-60(73)61-22-4-12-30-74(61)88)84(49-66(53)52-18-17-43-86-51-52)92-81-41-37-56(89-75-31-13-5-23-62(75)63-24-6-14-32-76(63)89)47-69(81)70-48-57(38-42-82(70)92)90-77-33-15-7-25-64(77)65-26-8-16-34-78(65)90/h1-49,51H. The number of benzene rings is 13. The summed E-state index contributed by atoms with van der Waals surface area (Å²) in [5.74, 6) is 0. The summed E-state index contributed by atoms with van der Waals surface area (Å²) in [4.78, 5) is 4.64. The van der Waals surface area contributed by atoms with Crippen LogP contribution in [0.1, 0.15) is 5.56 Å². The third-order valence-electron chi connectivity index (χ3n) is 19.5. The van der Waals surface area contributed by atoms with Crippen LogP contribution in [0, 0.1) is 11.3 Å². The summed E-state index contributed by atoms with van der Waals surface area (Å²) in [7, 11) is 0. The molecule has 7 heterocycles. The fourth-order valence-electron chi connectivity index (χ4n) is 15.7. The summed E-state index contributed by atoms with van der Waals surface area (Å²) in [6.45, 7) is 0. The normalized spacial score (nSPS) is 12.1. The third kappa shape index (κ3) is 7.01. The predicted molar refractivity (Wildman–Crippen MR) is 380 cm³/mol. The lowest BCUT2D eigenvalue weighted by Crippen LogP contribution is -2.06. The topological polar surface area (TPSA) is 66.3 Å². The molecule has 0 saturated heterocycles. The Morgan fingerprint density at radius 2 is 0.500 bits per heavy atom. The Balaban J connectivity index is 0.912. The van der Waals surface area contributed by atoms with Crippen molar-refractivity contribution in [2.75, 3.05) is 0 Å². The SMILES string of the molecule is N#Cc1cc(-n2c3ccc(-n4c5ccccc5c5ccccc54)cc3c3cc(-n4c5ccccc5c5ccccc54)ccc32)c(-n2c3ccc(-n4c5ccccc5c5ccccc54)cc3c3cc(-n4c5ccccc5c5ccccc54)ccc32)cc1-c1cccnc1. The van der Waals surface area contributed by atoms with Gasteiger partial charge in [0, 0.05) is 111 Å². The van der Waals surface area contributed by atoms with Crippen LogP contribution in [0.2, 0.25) is 0 Å². The molecule has 7 aromatic heterocycles. The van der Waals surface area contributed by atoms with Crippen molar-refractivity contribution in [3.63, 3.8) is 0 Å². The molecule has 0 amide bonds. The van der Waals surface area contributed by atoms with E-state index in [-0.39, 0.29) is 0 Å². The van der Waals surface area contributed by atoms with Crippen LogP contribution in [0.4, 0.5) is 0 Å². The van der Waals surface area contributed by atoms with Crippen molar-refractivity contribution in [3.05, 3.63) is 309 Å². The van der Waals surface area contributed by atoms with E-state index >= 15 is 0 Å². The molecule has 0 aliphatic rings. The molecule has 0 atom stereocenters. The summed E-state index contributed by atoms with van der Waals surface area (Å²) >= 11 is 0. The van der Waals surface area contributed by atoms with Crippen molar-refractivity contribution in [1.82, 2.24) is 32.4 Å². The monoisotopic (exact) mass is 1170 g/mol. The van der Waals surface area contributed by atoms with Crippen molar-refractivity contribution >= 4 is 131 Å². The molecule has 0 radical (unpaired) electrons. The minimum absolute atomic E-state index is 0.540. The highest BCUT2D eigenvalue weighted by Crippen LogP contribution is 2.46. The summed E-state index contributed by atoms with van der Waals surface area (Å²) in [5.41, 5.74) is 21.4. The lowest BCUT2D eigenvalue weighted by Gasteiger charge is -2.20. The molecule has 0 saturated carbocycles. The van der Waals surface area contributed by atoms with Gasteiger partial charge in [-0.05, 0) is 140 Å². The van der Waals surface area contributed by atoms with Gasteiger partial charge in [0.2, 0.25) is 0 Å². The highest BCUT2D eigenvalue weighted by atomic mass is 15.1. The zero-order valence-corrected chi connectivity index (χ0v) is 49.4. The van der Waals surface area contributed by atoms with Crippen LogP contribution in [-0.4, -0.2) is 32.4 Å². The molecule has 20 aromatic rings. The molecule has 92 heavy (non-hydrogen) atoms. The number of hydrogen-bond donors (Lipinski definition) is 0. The zero-order valence-electron chi connectivity index (χ0n) is 49.4. The fourth-order valence-corrected chi connectivity index (χ4v) is 15.7. The van der Waals surface area contributed by atoms with Gasteiger partial charge >= 0.3 is 0 Å². The molecule has 0 N–H and O–H groups in total. The third-order valence-corrected chi connectivity index (χ3v) is 19.5. The Morgan fingerprint density at radius 1 is 0.239 bits per heavy atom.